The fourth-order valence-corrected chi connectivity index (χ4v) is 2.07. The van der Waals surface area contributed by atoms with E-state index in [0.29, 0.717) is 25.2 Å². The first-order valence-corrected chi connectivity index (χ1v) is 6.82. The SMILES string of the molecule is COc1cc(C)cc(OCCC[C@H](CS)C(=O)O)c1. The number of carboxylic acids is 1. The smallest absolute Gasteiger partial charge is 0.307 e. The Morgan fingerprint density at radius 1 is 1.37 bits per heavy atom. The molecule has 0 amide bonds. The Bertz CT molecular complexity index is 420. The van der Waals surface area contributed by atoms with Crippen molar-refractivity contribution in [3.05, 3.63) is 23.8 Å². The lowest BCUT2D eigenvalue weighted by atomic mass is 10.1. The van der Waals surface area contributed by atoms with Crippen LogP contribution >= 0.6 is 12.6 Å². The molecule has 106 valence electrons. The molecule has 0 radical (unpaired) electrons. The molecule has 0 aliphatic rings. The van der Waals surface area contributed by atoms with Crippen LogP contribution in [-0.4, -0.2) is 30.5 Å². The van der Waals surface area contributed by atoms with Gasteiger partial charge in [-0.05, 0) is 37.5 Å². The van der Waals surface area contributed by atoms with Gasteiger partial charge in [0.05, 0.1) is 19.6 Å². The molecule has 1 N–H and O–H groups in total. The highest BCUT2D eigenvalue weighted by Crippen LogP contribution is 2.22. The van der Waals surface area contributed by atoms with E-state index in [1.165, 1.54) is 0 Å². The molecule has 1 aromatic carbocycles. The molecule has 1 rings (SSSR count). The van der Waals surface area contributed by atoms with E-state index in [-0.39, 0.29) is 0 Å². The average Bonchev–Trinajstić information content (AvgIpc) is 2.37. The Morgan fingerprint density at radius 2 is 2.05 bits per heavy atom. The van der Waals surface area contributed by atoms with Crippen molar-refractivity contribution in [3.8, 4) is 11.5 Å². The zero-order chi connectivity index (χ0) is 14.3. The molecule has 0 fully saturated rings. The van der Waals surface area contributed by atoms with Gasteiger partial charge in [-0.2, -0.15) is 12.6 Å². The molecule has 0 saturated heterocycles. The minimum Gasteiger partial charge on any atom is -0.497 e. The number of aryl methyl sites for hydroxylation is 1. The quantitative estimate of drug-likeness (QED) is 0.569. The van der Waals surface area contributed by atoms with Gasteiger partial charge in [-0.1, -0.05) is 0 Å². The number of rotatable bonds is 8. The number of hydrogen-bond donors (Lipinski definition) is 2. The molecular formula is C14H20O4S. The van der Waals surface area contributed by atoms with Gasteiger partial charge in [-0.25, -0.2) is 0 Å². The second kappa shape index (κ2) is 7.94. The van der Waals surface area contributed by atoms with Gasteiger partial charge in [-0.15, -0.1) is 0 Å². The molecular weight excluding hydrogens is 264 g/mol. The Hall–Kier alpha value is -1.36. The van der Waals surface area contributed by atoms with Gasteiger partial charge >= 0.3 is 5.97 Å². The van der Waals surface area contributed by atoms with E-state index in [1.807, 2.05) is 25.1 Å². The second-order valence-electron chi connectivity index (χ2n) is 4.39. The molecule has 1 aromatic rings. The molecule has 0 bridgehead atoms. The highest BCUT2D eigenvalue weighted by Gasteiger charge is 2.14. The van der Waals surface area contributed by atoms with Gasteiger partial charge in [0.2, 0.25) is 0 Å². The molecule has 0 aromatic heterocycles. The van der Waals surface area contributed by atoms with Crippen LogP contribution in [0.1, 0.15) is 18.4 Å². The van der Waals surface area contributed by atoms with Crippen LogP contribution in [0.15, 0.2) is 18.2 Å². The molecule has 0 saturated carbocycles. The number of hydrogen-bond acceptors (Lipinski definition) is 4. The van der Waals surface area contributed by atoms with E-state index in [0.717, 1.165) is 17.1 Å². The summed E-state index contributed by atoms with van der Waals surface area (Å²) in [5.41, 5.74) is 1.06. The van der Waals surface area contributed by atoms with Crippen molar-refractivity contribution < 1.29 is 19.4 Å². The average molecular weight is 284 g/mol. The van der Waals surface area contributed by atoms with Gasteiger partial charge in [0, 0.05) is 11.8 Å². The molecule has 19 heavy (non-hydrogen) atoms. The topological polar surface area (TPSA) is 55.8 Å². The predicted octanol–water partition coefficient (Wildman–Crippen LogP) is 2.79. The van der Waals surface area contributed by atoms with Crippen molar-refractivity contribution in [1.29, 1.82) is 0 Å². The van der Waals surface area contributed by atoms with Gasteiger partial charge in [-0.3, -0.25) is 4.79 Å². The van der Waals surface area contributed by atoms with Crippen molar-refractivity contribution in [2.45, 2.75) is 19.8 Å². The van der Waals surface area contributed by atoms with E-state index >= 15 is 0 Å². The number of benzene rings is 1. The van der Waals surface area contributed by atoms with Crippen LogP contribution in [-0.2, 0) is 4.79 Å². The maximum absolute atomic E-state index is 10.8. The fourth-order valence-electron chi connectivity index (χ4n) is 1.73. The summed E-state index contributed by atoms with van der Waals surface area (Å²) in [5.74, 6) is 0.655. The first kappa shape index (κ1) is 15.7. The van der Waals surface area contributed by atoms with Crippen molar-refractivity contribution in [2.24, 2.45) is 5.92 Å². The maximum atomic E-state index is 10.8. The van der Waals surface area contributed by atoms with Crippen molar-refractivity contribution in [3.63, 3.8) is 0 Å². The molecule has 0 spiro atoms. The maximum Gasteiger partial charge on any atom is 0.307 e. The summed E-state index contributed by atoms with van der Waals surface area (Å²) in [6.45, 7) is 2.46. The van der Waals surface area contributed by atoms with Gasteiger partial charge in [0.1, 0.15) is 11.5 Å². The Kier molecular flexibility index (Phi) is 6.56. The molecule has 5 heteroatoms. The molecule has 4 nitrogen and oxygen atoms in total. The summed E-state index contributed by atoms with van der Waals surface area (Å²) in [5, 5.41) is 8.89. The summed E-state index contributed by atoms with van der Waals surface area (Å²) in [7, 11) is 1.61. The zero-order valence-electron chi connectivity index (χ0n) is 11.3. The Morgan fingerprint density at radius 3 is 2.63 bits per heavy atom. The zero-order valence-corrected chi connectivity index (χ0v) is 12.2. The van der Waals surface area contributed by atoms with Crippen LogP contribution in [0.3, 0.4) is 0 Å². The number of ether oxygens (including phenoxy) is 2. The largest absolute Gasteiger partial charge is 0.497 e. The lowest BCUT2D eigenvalue weighted by Gasteiger charge is -2.11. The highest BCUT2D eigenvalue weighted by atomic mass is 32.1. The molecule has 0 heterocycles. The van der Waals surface area contributed by atoms with Gasteiger partial charge in [0.25, 0.3) is 0 Å². The van der Waals surface area contributed by atoms with Crippen molar-refractivity contribution >= 4 is 18.6 Å². The number of carboxylic acid groups (broad SMARTS) is 1. The third-order valence-corrected chi connectivity index (χ3v) is 3.24. The van der Waals surface area contributed by atoms with Crippen LogP contribution in [0.2, 0.25) is 0 Å². The van der Waals surface area contributed by atoms with E-state index in [2.05, 4.69) is 12.6 Å². The van der Waals surface area contributed by atoms with E-state index in [9.17, 15) is 4.79 Å². The van der Waals surface area contributed by atoms with E-state index < -0.39 is 11.9 Å². The van der Waals surface area contributed by atoms with Crippen LogP contribution < -0.4 is 9.47 Å². The van der Waals surface area contributed by atoms with Crippen LogP contribution in [0.4, 0.5) is 0 Å². The molecule has 0 unspecified atom stereocenters. The number of carbonyl (C=O) groups is 1. The van der Waals surface area contributed by atoms with Crippen molar-refractivity contribution in [2.75, 3.05) is 19.5 Å². The van der Waals surface area contributed by atoms with Gasteiger partial charge in [0.15, 0.2) is 0 Å². The minimum atomic E-state index is -0.799. The lowest BCUT2D eigenvalue weighted by Crippen LogP contribution is -2.16. The standard InChI is InChI=1S/C14H20O4S/c1-10-6-12(17-2)8-13(7-10)18-5-3-4-11(9-19)14(15)16/h6-8,11,19H,3-5,9H2,1-2H3,(H,15,16)/t11-/m1/s1. The first-order chi connectivity index (χ1) is 9.06. The summed E-state index contributed by atoms with van der Waals surface area (Å²) in [4.78, 5) is 10.8. The normalized spacial score (nSPS) is 11.9. The highest BCUT2D eigenvalue weighted by molar-refractivity contribution is 7.80. The Balaban J connectivity index is 2.41. The van der Waals surface area contributed by atoms with Crippen molar-refractivity contribution in [1.82, 2.24) is 0 Å². The number of methoxy groups -OCH3 is 1. The molecule has 0 aliphatic heterocycles. The summed E-state index contributed by atoms with van der Waals surface area (Å²) in [6, 6.07) is 5.67. The summed E-state index contributed by atoms with van der Waals surface area (Å²) in [6.07, 6.45) is 1.26. The third kappa shape index (κ3) is 5.42. The first-order valence-electron chi connectivity index (χ1n) is 6.19. The fraction of sp³-hybridized carbons (Fsp3) is 0.500. The minimum absolute atomic E-state index is 0.355. The monoisotopic (exact) mass is 284 g/mol. The second-order valence-corrected chi connectivity index (χ2v) is 4.76. The van der Waals surface area contributed by atoms with Gasteiger partial charge < -0.3 is 14.6 Å². The molecule has 0 aliphatic carbocycles. The molecule has 1 atom stereocenters. The van der Waals surface area contributed by atoms with E-state index in [4.69, 9.17) is 14.6 Å². The van der Waals surface area contributed by atoms with Crippen LogP contribution in [0, 0.1) is 12.8 Å². The Labute approximate surface area is 119 Å². The van der Waals surface area contributed by atoms with E-state index in [1.54, 1.807) is 7.11 Å². The summed E-state index contributed by atoms with van der Waals surface area (Å²) < 4.78 is 10.8. The number of aliphatic carboxylic acids is 1. The van der Waals surface area contributed by atoms with Crippen LogP contribution in [0.5, 0.6) is 11.5 Å². The number of thiol groups is 1. The lowest BCUT2D eigenvalue weighted by molar-refractivity contribution is -0.141. The third-order valence-electron chi connectivity index (χ3n) is 2.80. The summed E-state index contributed by atoms with van der Waals surface area (Å²) >= 11 is 4.03. The van der Waals surface area contributed by atoms with Crippen LogP contribution in [0.25, 0.3) is 0 Å². The predicted molar refractivity (Wildman–Crippen MR) is 77.4 cm³/mol.